The highest BCUT2D eigenvalue weighted by Gasteiger charge is 2.26. The summed E-state index contributed by atoms with van der Waals surface area (Å²) in [5, 5.41) is 9.71. The summed E-state index contributed by atoms with van der Waals surface area (Å²) in [7, 11) is 0. The van der Waals surface area contributed by atoms with Crippen LogP contribution in [0.15, 0.2) is 24.3 Å². The summed E-state index contributed by atoms with van der Waals surface area (Å²) >= 11 is 0.797. The van der Waals surface area contributed by atoms with Crippen LogP contribution in [0.25, 0.3) is 21.2 Å². The van der Waals surface area contributed by atoms with Gasteiger partial charge in [0.2, 0.25) is 0 Å². The first kappa shape index (κ1) is 15.6. The number of carbonyl (C=O) groups is 1. The summed E-state index contributed by atoms with van der Waals surface area (Å²) in [6.45, 7) is 2.97. The molecule has 0 aliphatic carbocycles. The zero-order valence-electron chi connectivity index (χ0n) is 12.2. The molecule has 3 rings (SSSR count). The van der Waals surface area contributed by atoms with Crippen molar-refractivity contribution < 1.29 is 23.1 Å². The summed E-state index contributed by atoms with van der Waals surface area (Å²) in [5.41, 5.74) is 0.0189. The number of carboxylic acids is 1. The monoisotopic (exact) mass is 336 g/mol. The molecule has 0 aliphatic heterocycles. The molecule has 1 aromatic heterocycles. The lowest BCUT2D eigenvalue weighted by atomic mass is 9.96. The average Bonchev–Trinajstić information content (AvgIpc) is 2.84. The Morgan fingerprint density at radius 3 is 2.17 bits per heavy atom. The first-order valence-electron chi connectivity index (χ1n) is 6.72. The highest BCUT2D eigenvalue weighted by atomic mass is 32.1. The number of aromatic carboxylic acids is 1. The molecule has 2 nitrogen and oxygen atoms in total. The Bertz CT molecular complexity index is 934. The lowest BCUT2D eigenvalue weighted by Gasteiger charge is -2.11. The number of fused-ring (bicyclic) bond motifs is 1. The molecule has 1 heterocycles. The molecule has 2 aromatic carbocycles. The molecule has 0 unspecified atom stereocenters. The van der Waals surface area contributed by atoms with Gasteiger partial charge in [0.1, 0.15) is 22.3 Å². The van der Waals surface area contributed by atoms with Gasteiger partial charge in [-0.05, 0) is 43.2 Å². The molecule has 0 bridgehead atoms. The van der Waals surface area contributed by atoms with E-state index in [-0.39, 0.29) is 27.1 Å². The maximum Gasteiger partial charge on any atom is 0.346 e. The topological polar surface area (TPSA) is 37.3 Å². The molecule has 0 amide bonds. The van der Waals surface area contributed by atoms with Crippen molar-refractivity contribution in [1.82, 2.24) is 0 Å². The summed E-state index contributed by atoms with van der Waals surface area (Å²) in [6, 6.07) is 5.01. The summed E-state index contributed by atoms with van der Waals surface area (Å²) in [4.78, 5) is 11.3. The minimum Gasteiger partial charge on any atom is -0.477 e. The van der Waals surface area contributed by atoms with E-state index < -0.39 is 23.4 Å². The minimum absolute atomic E-state index is 0.0423. The van der Waals surface area contributed by atoms with Crippen molar-refractivity contribution in [3.05, 3.63) is 57.7 Å². The van der Waals surface area contributed by atoms with Crippen molar-refractivity contribution in [2.45, 2.75) is 13.8 Å². The van der Waals surface area contributed by atoms with Crippen molar-refractivity contribution in [2.75, 3.05) is 0 Å². The Labute approximate surface area is 133 Å². The van der Waals surface area contributed by atoms with Crippen LogP contribution in [0.5, 0.6) is 0 Å². The maximum absolute atomic E-state index is 14.6. The number of benzene rings is 2. The molecule has 0 atom stereocenters. The largest absolute Gasteiger partial charge is 0.477 e. The van der Waals surface area contributed by atoms with Gasteiger partial charge >= 0.3 is 5.97 Å². The van der Waals surface area contributed by atoms with Gasteiger partial charge < -0.3 is 5.11 Å². The highest BCUT2D eigenvalue weighted by Crippen LogP contribution is 2.42. The molecule has 3 aromatic rings. The fourth-order valence-corrected chi connectivity index (χ4v) is 3.70. The first-order valence-corrected chi connectivity index (χ1v) is 7.53. The van der Waals surface area contributed by atoms with Gasteiger partial charge in [0.15, 0.2) is 0 Å². The van der Waals surface area contributed by atoms with E-state index in [1.807, 2.05) is 0 Å². The van der Waals surface area contributed by atoms with Gasteiger partial charge in [0, 0.05) is 15.6 Å². The second-order valence-corrected chi connectivity index (χ2v) is 6.32. The van der Waals surface area contributed by atoms with Crippen LogP contribution >= 0.6 is 11.3 Å². The molecule has 23 heavy (non-hydrogen) atoms. The fraction of sp³-hybridized carbons (Fsp3) is 0.118. The van der Waals surface area contributed by atoms with Crippen LogP contribution in [0, 0.1) is 31.3 Å². The van der Waals surface area contributed by atoms with E-state index in [4.69, 9.17) is 0 Å². The Morgan fingerprint density at radius 2 is 1.61 bits per heavy atom. The molecular weight excluding hydrogens is 325 g/mol. The van der Waals surface area contributed by atoms with Crippen molar-refractivity contribution in [3.8, 4) is 11.1 Å². The number of rotatable bonds is 2. The number of hydrogen-bond acceptors (Lipinski definition) is 2. The first-order chi connectivity index (χ1) is 10.8. The molecule has 118 valence electrons. The third-order valence-electron chi connectivity index (χ3n) is 3.66. The minimum atomic E-state index is -1.31. The van der Waals surface area contributed by atoms with Gasteiger partial charge in [-0.2, -0.15) is 0 Å². The lowest BCUT2D eigenvalue weighted by molar-refractivity contribution is 0.0703. The van der Waals surface area contributed by atoms with Gasteiger partial charge in [-0.15, -0.1) is 11.3 Å². The Balaban J connectivity index is 2.50. The van der Waals surface area contributed by atoms with E-state index in [1.165, 1.54) is 26.0 Å². The quantitative estimate of drug-likeness (QED) is 0.689. The molecule has 1 N–H and O–H groups in total. The zero-order valence-corrected chi connectivity index (χ0v) is 13.0. The van der Waals surface area contributed by atoms with Gasteiger partial charge in [-0.1, -0.05) is 6.07 Å². The van der Waals surface area contributed by atoms with Crippen LogP contribution in [0.4, 0.5) is 13.2 Å². The molecule has 0 radical (unpaired) electrons. The van der Waals surface area contributed by atoms with Gasteiger partial charge in [0.25, 0.3) is 0 Å². The number of aryl methyl sites for hydroxylation is 2. The summed E-state index contributed by atoms with van der Waals surface area (Å²) in [6.07, 6.45) is 0. The smallest absolute Gasteiger partial charge is 0.346 e. The van der Waals surface area contributed by atoms with Crippen LogP contribution in [-0.2, 0) is 0 Å². The zero-order chi connectivity index (χ0) is 16.9. The number of hydrogen-bond donors (Lipinski definition) is 1. The number of carboxylic acid groups (broad SMARTS) is 1. The van der Waals surface area contributed by atoms with Gasteiger partial charge in [-0.3, -0.25) is 0 Å². The molecule has 0 saturated heterocycles. The SMILES string of the molecule is Cc1cc(C)c(F)c(-c2c(C(=O)O)sc3cc(F)ccc23)c1F. The van der Waals surface area contributed by atoms with Crippen LogP contribution in [0.1, 0.15) is 20.8 Å². The van der Waals surface area contributed by atoms with Crippen molar-refractivity contribution in [1.29, 1.82) is 0 Å². The van der Waals surface area contributed by atoms with Crippen LogP contribution < -0.4 is 0 Å². The Kier molecular flexibility index (Phi) is 3.64. The normalized spacial score (nSPS) is 11.2. The van der Waals surface area contributed by atoms with Gasteiger partial charge in [0.05, 0.1) is 5.56 Å². The third-order valence-corrected chi connectivity index (χ3v) is 4.80. The molecule has 0 aliphatic rings. The third kappa shape index (κ3) is 2.39. The summed E-state index contributed by atoms with van der Waals surface area (Å²) in [5.74, 6) is -3.46. The van der Waals surface area contributed by atoms with Crippen molar-refractivity contribution in [3.63, 3.8) is 0 Å². The van der Waals surface area contributed by atoms with Crippen molar-refractivity contribution in [2.24, 2.45) is 0 Å². The molecule has 0 saturated carbocycles. The van der Waals surface area contributed by atoms with Crippen LogP contribution in [0.3, 0.4) is 0 Å². The standard InChI is InChI=1S/C17H11F3O2S/c1-7-5-8(2)15(20)13(14(7)19)12-10-4-3-9(18)6-11(10)23-16(12)17(21)22/h3-6H,1-2H3,(H,21,22). The second kappa shape index (κ2) is 5.38. The van der Waals surface area contributed by atoms with Gasteiger partial charge in [-0.25, -0.2) is 18.0 Å². The van der Waals surface area contributed by atoms with E-state index in [0.717, 1.165) is 23.5 Å². The highest BCUT2D eigenvalue weighted by molar-refractivity contribution is 7.21. The van der Waals surface area contributed by atoms with E-state index in [9.17, 15) is 23.1 Å². The molecule has 0 fully saturated rings. The van der Waals surface area contributed by atoms with Crippen molar-refractivity contribution >= 4 is 27.4 Å². The maximum atomic E-state index is 14.6. The predicted octanol–water partition coefficient (Wildman–Crippen LogP) is 5.30. The number of halogens is 3. The lowest BCUT2D eigenvalue weighted by Crippen LogP contribution is -2.01. The molecule has 0 spiro atoms. The van der Waals surface area contributed by atoms with E-state index >= 15 is 0 Å². The summed E-state index contributed by atoms with van der Waals surface area (Å²) < 4.78 is 42.8. The van der Waals surface area contributed by atoms with E-state index in [2.05, 4.69) is 0 Å². The Hall–Kier alpha value is -2.34. The van der Waals surface area contributed by atoms with Crippen LogP contribution in [-0.4, -0.2) is 11.1 Å². The molecular formula is C17H11F3O2S. The second-order valence-electron chi connectivity index (χ2n) is 5.27. The predicted molar refractivity (Wildman–Crippen MR) is 83.6 cm³/mol. The van der Waals surface area contributed by atoms with E-state index in [0.29, 0.717) is 10.1 Å². The van der Waals surface area contributed by atoms with Crippen LogP contribution in [0.2, 0.25) is 0 Å². The average molecular weight is 336 g/mol. The fourth-order valence-electron chi connectivity index (χ4n) is 2.63. The molecule has 6 heteroatoms. The number of thiophene rings is 1. The Morgan fingerprint density at radius 1 is 1.00 bits per heavy atom. The van der Waals surface area contributed by atoms with E-state index in [1.54, 1.807) is 0 Å².